The summed E-state index contributed by atoms with van der Waals surface area (Å²) in [6.07, 6.45) is -3.87. The molecule has 0 amide bonds. The number of ether oxygens (including phenoxy) is 2. The summed E-state index contributed by atoms with van der Waals surface area (Å²) < 4.78 is 70.8. The maximum atomic E-state index is 16.0. The molecule has 0 aliphatic carbocycles. The second-order valence-electron chi connectivity index (χ2n) is 9.88. The van der Waals surface area contributed by atoms with Crippen molar-refractivity contribution < 1.29 is 31.9 Å². The van der Waals surface area contributed by atoms with Crippen LogP contribution in [0.4, 0.5) is 20.5 Å². The van der Waals surface area contributed by atoms with E-state index in [1.54, 1.807) is 12.3 Å². The van der Waals surface area contributed by atoms with Gasteiger partial charge in [-0.05, 0) is 12.5 Å². The number of halogens is 2. The van der Waals surface area contributed by atoms with Gasteiger partial charge in [0.25, 0.3) is 5.56 Å². The van der Waals surface area contributed by atoms with Crippen LogP contribution in [0.25, 0.3) is 22.2 Å². The molecular formula is C21H23F2N10O6PS2. The lowest BCUT2D eigenvalue weighted by Gasteiger charge is -2.26. The zero-order valence-corrected chi connectivity index (χ0v) is 23.9. The summed E-state index contributed by atoms with van der Waals surface area (Å²) in [5.74, 6) is -0.752. The molecule has 5 N–H and O–H groups in total. The number of aromatic nitrogens is 8. The number of aromatic amines is 1. The van der Waals surface area contributed by atoms with E-state index in [9.17, 15) is 9.36 Å². The lowest BCUT2D eigenvalue weighted by atomic mass is 9.96. The van der Waals surface area contributed by atoms with E-state index < -0.39 is 59.9 Å². The normalized spacial score (nSPS) is 35.7. The minimum Gasteiger partial charge on any atom is -0.383 e. The van der Waals surface area contributed by atoms with Gasteiger partial charge in [-0.1, -0.05) is 29.2 Å². The summed E-state index contributed by atoms with van der Waals surface area (Å²) in [6.45, 7) is -4.69. The lowest BCUT2D eigenvalue weighted by Crippen LogP contribution is -2.34. The number of nitrogens with zero attached hydrogens (tertiary/aromatic N) is 7. The fourth-order valence-corrected chi connectivity index (χ4v) is 8.35. The van der Waals surface area contributed by atoms with E-state index in [1.165, 1.54) is 10.9 Å². The van der Waals surface area contributed by atoms with Crippen LogP contribution in [0.1, 0.15) is 18.0 Å². The Kier molecular flexibility index (Phi) is 6.91. The van der Waals surface area contributed by atoms with Crippen LogP contribution in [0.3, 0.4) is 0 Å². The van der Waals surface area contributed by atoms with Crippen molar-refractivity contribution in [2.24, 2.45) is 5.92 Å². The monoisotopic (exact) mass is 644 g/mol. The van der Waals surface area contributed by atoms with Gasteiger partial charge in [0, 0.05) is 18.7 Å². The smallest absolute Gasteiger partial charge is 0.383 e. The zero-order chi connectivity index (χ0) is 29.3. The Hall–Kier alpha value is -2.87. The van der Waals surface area contributed by atoms with Crippen LogP contribution in [0, 0.1) is 5.92 Å². The van der Waals surface area contributed by atoms with Crippen molar-refractivity contribution in [3.05, 3.63) is 28.9 Å². The third kappa shape index (κ3) is 4.65. The fraction of sp³-hybridized carbons (Fsp3) is 0.524. The molecule has 224 valence electrons. The third-order valence-electron chi connectivity index (χ3n) is 7.40. The second-order valence-corrected chi connectivity index (χ2v) is 14.0. The highest BCUT2D eigenvalue weighted by atomic mass is 32.7. The predicted octanol–water partition coefficient (Wildman–Crippen LogP) is 1.75. The van der Waals surface area contributed by atoms with E-state index in [-0.39, 0.29) is 42.6 Å². The average Bonchev–Trinajstić information content (AvgIpc) is 3.69. The Bertz CT molecular complexity index is 1780. The Morgan fingerprint density at radius 1 is 1.21 bits per heavy atom. The van der Waals surface area contributed by atoms with Gasteiger partial charge in [0.2, 0.25) is 5.95 Å². The van der Waals surface area contributed by atoms with Gasteiger partial charge in [0.15, 0.2) is 29.7 Å². The number of anilines is 2. The van der Waals surface area contributed by atoms with E-state index in [0.717, 1.165) is 16.4 Å². The van der Waals surface area contributed by atoms with Crippen LogP contribution >= 0.6 is 30.8 Å². The average molecular weight is 645 g/mol. The standard InChI is InChI=1S/C21H23F2N10O6PS2/c22-10-7-2-4-36-20-11(23)13(19(42-20)33-16-12(30-31-33)17(34)29-21(25)28-16)39-40(35,41)37-5-9(7)38-18(10)32-3-1-8-14(24)26-6-27-15(8)32/h1,3,6-7,9-11,13,18-20H,2,4-5H2,(H,35,41)(H2,24,26,27)(H3,25,28,29,34)/t7-,9-,10+,11+,13-,18-,19-,20?,40?/m1/s1. The molecule has 3 aliphatic heterocycles. The van der Waals surface area contributed by atoms with Crippen LogP contribution in [-0.4, -0.2) is 82.7 Å². The van der Waals surface area contributed by atoms with E-state index in [2.05, 4.69) is 42.5 Å². The van der Waals surface area contributed by atoms with Crippen LogP contribution in [0.15, 0.2) is 23.4 Å². The first-order valence-corrected chi connectivity index (χ1v) is 16.3. The van der Waals surface area contributed by atoms with Crippen molar-refractivity contribution in [3.63, 3.8) is 0 Å². The summed E-state index contributed by atoms with van der Waals surface area (Å²) >= 11 is 5.00. The van der Waals surface area contributed by atoms with Crippen molar-refractivity contribution in [3.8, 4) is 0 Å². The van der Waals surface area contributed by atoms with E-state index in [1.807, 2.05) is 0 Å². The second kappa shape index (κ2) is 10.4. The molecule has 3 aliphatic rings. The van der Waals surface area contributed by atoms with Crippen molar-refractivity contribution in [1.29, 1.82) is 0 Å². The summed E-state index contributed by atoms with van der Waals surface area (Å²) in [7, 11) is 0. The fourth-order valence-electron chi connectivity index (χ4n) is 5.44. The molecule has 21 heteroatoms. The van der Waals surface area contributed by atoms with Gasteiger partial charge >= 0.3 is 6.80 Å². The molecule has 2 unspecified atom stereocenters. The number of thiol groups is 1. The molecule has 0 aromatic carbocycles. The van der Waals surface area contributed by atoms with Gasteiger partial charge in [0.05, 0.1) is 18.1 Å². The molecule has 42 heavy (non-hydrogen) atoms. The van der Waals surface area contributed by atoms with Gasteiger partial charge in [0.1, 0.15) is 34.7 Å². The number of thioether (sulfide) groups is 1. The molecule has 7 heterocycles. The summed E-state index contributed by atoms with van der Waals surface area (Å²) in [4.78, 5) is 26.8. The molecular weight excluding hydrogens is 621 g/mol. The Morgan fingerprint density at radius 3 is 2.88 bits per heavy atom. The highest BCUT2D eigenvalue weighted by Gasteiger charge is 2.53. The molecule has 0 radical (unpaired) electrons. The number of rotatable bonds is 2. The maximum Gasteiger partial charge on any atom is 0.386 e. The largest absolute Gasteiger partial charge is 0.386 e. The van der Waals surface area contributed by atoms with E-state index in [0.29, 0.717) is 11.0 Å². The van der Waals surface area contributed by atoms with Gasteiger partial charge < -0.3 is 25.5 Å². The number of nitrogen functional groups attached to an aromatic ring is 2. The number of fused-ring (bicyclic) bond motifs is 5. The van der Waals surface area contributed by atoms with E-state index >= 15 is 8.78 Å². The summed E-state index contributed by atoms with van der Waals surface area (Å²) in [5.41, 5.74) is 10.0. The van der Waals surface area contributed by atoms with Crippen LogP contribution in [0.5, 0.6) is 0 Å². The SMILES string of the molecule is Nc1nc2c(nnn2[C@@H]2SC3OCC[C@H]4[C@H](F)[C@H](n5ccc6c(N)ncnc65)O[C@@H]4COP(=O)(S)O[C@@H]2[C@@H]3F)c(=O)[nH]1. The molecule has 0 spiro atoms. The summed E-state index contributed by atoms with van der Waals surface area (Å²) in [6, 6.07) is 1.66. The first-order valence-electron chi connectivity index (χ1n) is 12.7. The van der Waals surface area contributed by atoms with Crippen molar-refractivity contribution in [1.82, 2.24) is 39.5 Å². The number of hydrogen-bond donors (Lipinski definition) is 4. The molecule has 9 atom stereocenters. The number of nitrogens with two attached hydrogens (primary N) is 2. The van der Waals surface area contributed by atoms with Crippen molar-refractivity contribution in [2.45, 2.75) is 48.0 Å². The Balaban J connectivity index is 1.17. The topological polar surface area (TPSA) is 213 Å². The number of nitrogens with one attached hydrogen (secondary N) is 1. The summed E-state index contributed by atoms with van der Waals surface area (Å²) in [5, 5.41) is 7.25. The first-order chi connectivity index (χ1) is 20.1. The molecule has 7 rings (SSSR count). The Morgan fingerprint density at radius 2 is 2.05 bits per heavy atom. The zero-order valence-electron chi connectivity index (χ0n) is 21.3. The van der Waals surface area contributed by atoms with Gasteiger partial charge in [-0.3, -0.25) is 18.8 Å². The van der Waals surface area contributed by atoms with Crippen molar-refractivity contribution >= 4 is 64.8 Å². The van der Waals surface area contributed by atoms with Gasteiger partial charge in [-0.2, -0.15) is 4.98 Å². The molecule has 3 saturated heterocycles. The van der Waals surface area contributed by atoms with Gasteiger partial charge in [-0.25, -0.2) is 28.0 Å². The first kappa shape index (κ1) is 27.9. The van der Waals surface area contributed by atoms with E-state index in [4.69, 9.17) is 30.0 Å². The molecule has 4 aromatic heterocycles. The molecule has 2 bridgehead atoms. The minimum atomic E-state index is -4.27. The minimum absolute atomic E-state index is 0.0340. The highest BCUT2D eigenvalue weighted by molar-refractivity contribution is 8.44. The van der Waals surface area contributed by atoms with Crippen LogP contribution in [0.2, 0.25) is 0 Å². The van der Waals surface area contributed by atoms with Crippen LogP contribution < -0.4 is 17.0 Å². The highest BCUT2D eigenvalue weighted by Crippen LogP contribution is 2.60. The van der Waals surface area contributed by atoms with Crippen LogP contribution in [-0.2, 0) is 23.1 Å². The number of H-pyrrole nitrogens is 1. The molecule has 16 nitrogen and oxygen atoms in total. The predicted molar refractivity (Wildman–Crippen MR) is 148 cm³/mol. The lowest BCUT2D eigenvalue weighted by molar-refractivity contribution is -0.0446. The molecule has 4 aromatic rings. The van der Waals surface area contributed by atoms with Gasteiger partial charge in [-0.15, -0.1) is 5.10 Å². The molecule has 0 saturated carbocycles. The quantitative estimate of drug-likeness (QED) is 0.181. The van der Waals surface area contributed by atoms with Crippen molar-refractivity contribution in [2.75, 3.05) is 24.7 Å². The maximum absolute atomic E-state index is 16.0. The third-order valence-corrected chi connectivity index (χ3v) is 10.4. The Labute approximate surface area is 243 Å². The molecule has 3 fully saturated rings. The number of hydrogen-bond acceptors (Lipinski definition) is 14. The number of alkyl halides is 2.